The number of benzene rings is 1. The van der Waals surface area contributed by atoms with Gasteiger partial charge in [0.05, 0.1) is 49.2 Å². The zero-order valence-corrected chi connectivity index (χ0v) is 16.8. The molecule has 0 aliphatic carbocycles. The van der Waals surface area contributed by atoms with E-state index in [1.165, 1.54) is 23.0 Å². The normalized spacial score (nSPS) is 12.4. The minimum absolute atomic E-state index is 0.00145. The van der Waals surface area contributed by atoms with E-state index in [9.17, 15) is 28.3 Å². The Morgan fingerprint density at radius 3 is 2.64 bits per heavy atom. The van der Waals surface area contributed by atoms with Crippen LogP contribution in [0.3, 0.4) is 0 Å². The third kappa shape index (κ3) is 4.28. The van der Waals surface area contributed by atoms with Crippen LogP contribution in [0.5, 0.6) is 5.75 Å². The molecule has 33 heavy (non-hydrogen) atoms. The Bertz CT molecular complexity index is 1320. The maximum Gasteiger partial charge on any atom is 0.322 e. The number of hydrogen-bond donors (Lipinski definition) is 3. The highest BCUT2D eigenvalue weighted by Gasteiger charge is 2.29. The molecule has 0 bridgehead atoms. The number of pyridine rings is 1. The molecule has 2 aromatic heterocycles. The van der Waals surface area contributed by atoms with E-state index in [0.717, 1.165) is 12.1 Å². The average Bonchev–Trinajstić information content (AvgIpc) is 3.26. The van der Waals surface area contributed by atoms with Gasteiger partial charge in [0, 0.05) is 17.2 Å². The predicted octanol–water partition coefficient (Wildman–Crippen LogP) is 1.18. The summed E-state index contributed by atoms with van der Waals surface area (Å²) in [5, 5.41) is 21.2. The van der Waals surface area contributed by atoms with Crippen LogP contribution in [-0.2, 0) is 29.3 Å². The number of ether oxygens (including phenoxy) is 1. The van der Waals surface area contributed by atoms with Crippen molar-refractivity contribution in [3.63, 3.8) is 0 Å². The molecule has 0 saturated carbocycles. The van der Waals surface area contributed by atoms with Crippen LogP contribution in [0.15, 0.2) is 35.4 Å². The smallest absolute Gasteiger partial charge is 0.322 e. The molecule has 3 heterocycles. The van der Waals surface area contributed by atoms with Gasteiger partial charge in [0.1, 0.15) is 29.5 Å². The largest absolute Gasteiger partial charge is 0.506 e. The van der Waals surface area contributed by atoms with E-state index in [-0.39, 0.29) is 42.3 Å². The summed E-state index contributed by atoms with van der Waals surface area (Å²) in [5.41, 5.74) is -0.440. The number of carboxylic acid groups (broad SMARTS) is 1. The molecule has 12 heteroatoms. The summed E-state index contributed by atoms with van der Waals surface area (Å²) in [4.78, 5) is 44.4. The molecule has 0 atom stereocenters. The van der Waals surface area contributed by atoms with Crippen LogP contribution in [0.1, 0.15) is 27.3 Å². The molecule has 4 rings (SSSR count). The summed E-state index contributed by atoms with van der Waals surface area (Å²) in [5.74, 6) is -4.47. The molecular weight excluding hydrogens is 442 g/mol. The standard InChI is InChI=1S/C21H16F2N4O6/c22-10-1-2-12(14(23)3-10)15-5-24-11(4-25-15)7-27-16-9-33-8-13(16)19(30)18(21(27)32)20(31)26-6-17(28)29/h1-5,30H,6-9H2,(H,26,31)(H,28,29). The molecule has 1 aliphatic rings. The molecule has 3 aromatic rings. The molecule has 170 valence electrons. The Morgan fingerprint density at radius 1 is 1.18 bits per heavy atom. The molecule has 0 spiro atoms. The molecule has 0 saturated heterocycles. The highest BCUT2D eigenvalue weighted by atomic mass is 19.1. The van der Waals surface area contributed by atoms with Crippen molar-refractivity contribution in [2.75, 3.05) is 6.54 Å². The van der Waals surface area contributed by atoms with Gasteiger partial charge in [0.2, 0.25) is 0 Å². The van der Waals surface area contributed by atoms with Gasteiger partial charge in [0.25, 0.3) is 11.5 Å². The second-order valence-corrected chi connectivity index (χ2v) is 7.13. The Balaban J connectivity index is 1.69. The summed E-state index contributed by atoms with van der Waals surface area (Å²) in [7, 11) is 0. The van der Waals surface area contributed by atoms with Gasteiger partial charge in [-0.1, -0.05) is 0 Å². The van der Waals surface area contributed by atoms with Crippen molar-refractivity contribution in [1.29, 1.82) is 0 Å². The molecular formula is C21H16F2N4O6. The van der Waals surface area contributed by atoms with Gasteiger partial charge in [-0.15, -0.1) is 0 Å². The number of amides is 1. The van der Waals surface area contributed by atoms with E-state index in [0.29, 0.717) is 5.69 Å². The first kappa shape index (κ1) is 22.0. The first-order valence-electron chi connectivity index (χ1n) is 9.58. The molecule has 1 aliphatic heterocycles. The van der Waals surface area contributed by atoms with E-state index in [1.807, 2.05) is 0 Å². The number of aromatic nitrogens is 3. The van der Waals surface area contributed by atoms with E-state index in [2.05, 4.69) is 15.3 Å². The molecule has 1 amide bonds. The fourth-order valence-corrected chi connectivity index (χ4v) is 3.43. The monoisotopic (exact) mass is 458 g/mol. The van der Waals surface area contributed by atoms with Gasteiger partial charge >= 0.3 is 5.97 Å². The SMILES string of the molecule is O=C(O)CNC(=O)c1c(O)c2c(n(Cc3cnc(-c4ccc(F)cc4F)cn3)c1=O)COC2. The fourth-order valence-electron chi connectivity index (χ4n) is 3.43. The quantitative estimate of drug-likeness (QED) is 0.500. The lowest BCUT2D eigenvalue weighted by Crippen LogP contribution is -2.37. The van der Waals surface area contributed by atoms with Gasteiger partial charge in [-0.25, -0.2) is 8.78 Å². The topological polar surface area (TPSA) is 144 Å². The molecule has 1 aromatic carbocycles. The number of halogens is 2. The van der Waals surface area contributed by atoms with E-state index in [4.69, 9.17) is 9.84 Å². The number of nitrogens with one attached hydrogen (secondary N) is 1. The lowest BCUT2D eigenvalue weighted by molar-refractivity contribution is -0.135. The second-order valence-electron chi connectivity index (χ2n) is 7.13. The number of carboxylic acids is 1. The Labute approximate surface area is 184 Å². The fraction of sp³-hybridized carbons (Fsp3) is 0.190. The first-order valence-corrected chi connectivity index (χ1v) is 9.58. The van der Waals surface area contributed by atoms with Crippen molar-refractivity contribution < 1.29 is 33.3 Å². The third-order valence-electron chi connectivity index (χ3n) is 5.00. The number of hydrogen-bond acceptors (Lipinski definition) is 7. The highest BCUT2D eigenvalue weighted by Crippen LogP contribution is 2.30. The van der Waals surface area contributed by atoms with E-state index < -0.39 is 46.9 Å². The zero-order chi connectivity index (χ0) is 23.7. The number of nitrogens with zero attached hydrogens (tertiary/aromatic N) is 3. The second kappa shape index (κ2) is 8.74. The van der Waals surface area contributed by atoms with Crippen molar-refractivity contribution in [2.24, 2.45) is 0 Å². The minimum Gasteiger partial charge on any atom is -0.506 e. The molecule has 0 unspecified atom stereocenters. The van der Waals surface area contributed by atoms with Crippen LogP contribution in [0.25, 0.3) is 11.3 Å². The Morgan fingerprint density at radius 2 is 1.97 bits per heavy atom. The van der Waals surface area contributed by atoms with Crippen LogP contribution < -0.4 is 10.9 Å². The first-order chi connectivity index (χ1) is 15.8. The highest BCUT2D eigenvalue weighted by molar-refractivity contribution is 5.98. The van der Waals surface area contributed by atoms with Crippen molar-refractivity contribution in [2.45, 2.75) is 19.8 Å². The molecule has 0 fully saturated rings. The maximum absolute atomic E-state index is 14.0. The number of rotatable bonds is 6. The Hall–Kier alpha value is -4.19. The van der Waals surface area contributed by atoms with Gasteiger partial charge in [-0.2, -0.15) is 0 Å². The van der Waals surface area contributed by atoms with Crippen molar-refractivity contribution in [3.05, 3.63) is 75.1 Å². The molecule has 0 radical (unpaired) electrons. The number of aliphatic carboxylic acids is 1. The zero-order valence-electron chi connectivity index (χ0n) is 16.8. The van der Waals surface area contributed by atoms with Gasteiger partial charge in [0.15, 0.2) is 0 Å². The molecule has 3 N–H and O–H groups in total. The van der Waals surface area contributed by atoms with Crippen molar-refractivity contribution in [1.82, 2.24) is 19.9 Å². The number of carbonyl (C=O) groups is 2. The van der Waals surface area contributed by atoms with Crippen LogP contribution in [0.2, 0.25) is 0 Å². The third-order valence-corrected chi connectivity index (χ3v) is 5.00. The number of aromatic hydroxyl groups is 1. The number of fused-ring (bicyclic) bond motifs is 1. The predicted molar refractivity (Wildman–Crippen MR) is 107 cm³/mol. The summed E-state index contributed by atoms with van der Waals surface area (Å²) < 4.78 is 33.6. The van der Waals surface area contributed by atoms with Crippen molar-refractivity contribution >= 4 is 11.9 Å². The van der Waals surface area contributed by atoms with Crippen LogP contribution in [-0.4, -0.2) is 43.2 Å². The van der Waals surface area contributed by atoms with Crippen LogP contribution in [0.4, 0.5) is 8.78 Å². The Kier molecular flexibility index (Phi) is 5.84. The lowest BCUT2D eigenvalue weighted by Gasteiger charge is -2.15. The molecule has 10 nitrogen and oxygen atoms in total. The summed E-state index contributed by atoms with van der Waals surface area (Å²) in [6, 6.07) is 3.04. The summed E-state index contributed by atoms with van der Waals surface area (Å²) in [6.07, 6.45) is 2.55. The summed E-state index contributed by atoms with van der Waals surface area (Å²) >= 11 is 0. The van der Waals surface area contributed by atoms with Gasteiger partial charge in [-0.3, -0.25) is 24.4 Å². The van der Waals surface area contributed by atoms with Crippen LogP contribution >= 0.6 is 0 Å². The number of carbonyl (C=O) groups excluding carboxylic acids is 1. The summed E-state index contributed by atoms with van der Waals surface area (Å²) in [6.45, 7) is -0.933. The average molecular weight is 458 g/mol. The minimum atomic E-state index is -1.32. The van der Waals surface area contributed by atoms with Gasteiger partial charge in [-0.05, 0) is 12.1 Å². The lowest BCUT2D eigenvalue weighted by atomic mass is 10.1. The van der Waals surface area contributed by atoms with Crippen molar-refractivity contribution in [3.8, 4) is 17.0 Å². The maximum atomic E-state index is 14.0. The van der Waals surface area contributed by atoms with E-state index in [1.54, 1.807) is 0 Å². The van der Waals surface area contributed by atoms with Gasteiger partial charge < -0.3 is 24.8 Å². The van der Waals surface area contributed by atoms with Crippen LogP contribution in [0, 0.1) is 11.6 Å². The van der Waals surface area contributed by atoms with E-state index >= 15 is 0 Å².